The van der Waals surface area contributed by atoms with Gasteiger partial charge >= 0.3 is 6.18 Å². The van der Waals surface area contributed by atoms with Gasteiger partial charge in [-0.15, -0.1) is 0 Å². The molecule has 0 bridgehead atoms. The van der Waals surface area contributed by atoms with Crippen LogP contribution in [-0.4, -0.2) is 26.2 Å². The van der Waals surface area contributed by atoms with Crippen molar-refractivity contribution in [2.45, 2.75) is 12.7 Å². The molecule has 0 saturated carbocycles. The topological polar surface area (TPSA) is 76.9 Å². The van der Waals surface area contributed by atoms with Crippen LogP contribution in [0.5, 0.6) is 0 Å². The zero-order valence-electron chi connectivity index (χ0n) is 16.5. The van der Waals surface area contributed by atoms with Crippen LogP contribution >= 0.6 is 23.2 Å². The molecular weight excluding hydrogens is 480 g/mol. The fourth-order valence-electron chi connectivity index (χ4n) is 3.42. The summed E-state index contributed by atoms with van der Waals surface area (Å²) in [4.78, 5) is 33.1. The van der Waals surface area contributed by atoms with Crippen LogP contribution in [0.1, 0.15) is 21.6 Å². The van der Waals surface area contributed by atoms with E-state index in [0.717, 1.165) is 4.57 Å². The van der Waals surface area contributed by atoms with Gasteiger partial charge in [-0.05, 0) is 42.0 Å². The molecule has 2 aromatic heterocycles. The number of carbonyl (C=O) groups excluding carboxylic acids is 2. The fraction of sp³-hybridized carbons (Fsp3) is 0.0909. The standard InChI is InChI=1S/C22H13Cl2F3N4O2/c23-13-4-2-12(3-5-13)11-31-16-7-6-14(24)10-15(16)17(19(31)22(25,26)27)18(32)20(33)30-21-28-8-1-9-29-21/h1-10H,11H2,(H,28,29,30,33). The molecule has 1 amide bonds. The lowest BCUT2D eigenvalue weighted by molar-refractivity contribution is -0.143. The van der Waals surface area contributed by atoms with E-state index < -0.39 is 29.1 Å². The second-order valence-corrected chi connectivity index (χ2v) is 7.82. The van der Waals surface area contributed by atoms with E-state index >= 15 is 0 Å². The third-order valence-corrected chi connectivity index (χ3v) is 5.26. The van der Waals surface area contributed by atoms with Crippen molar-refractivity contribution in [1.29, 1.82) is 0 Å². The number of nitrogens with one attached hydrogen (secondary N) is 1. The molecule has 4 aromatic rings. The smallest absolute Gasteiger partial charge is 0.332 e. The van der Waals surface area contributed by atoms with Crippen molar-refractivity contribution in [3.8, 4) is 0 Å². The number of benzene rings is 2. The number of anilines is 1. The molecule has 0 aliphatic rings. The quantitative estimate of drug-likeness (QED) is 0.289. The summed E-state index contributed by atoms with van der Waals surface area (Å²) in [6.07, 6.45) is -2.33. The molecular formula is C22H13Cl2F3N4O2. The lowest BCUT2D eigenvalue weighted by Gasteiger charge is -2.15. The number of aromatic nitrogens is 3. The zero-order chi connectivity index (χ0) is 23.8. The maximum atomic E-state index is 14.3. The molecule has 11 heteroatoms. The number of carbonyl (C=O) groups is 2. The maximum absolute atomic E-state index is 14.3. The number of rotatable bonds is 5. The minimum atomic E-state index is -4.95. The highest BCUT2D eigenvalue weighted by molar-refractivity contribution is 6.48. The molecule has 0 spiro atoms. The Bertz CT molecular complexity index is 1350. The zero-order valence-corrected chi connectivity index (χ0v) is 18.0. The van der Waals surface area contributed by atoms with E-state index in [1.165, 1.54) is 36.7 Å². The second-order valence-electron chi connectivity index (χ2n) is 6.95. The number of ketones is 1. The van der Waals surface area contributed by atoms with E-state index in [0.29, 0.717) is 10.6 Å². The number of hydrogen-bond donors (Lipinski definition) is 1. The minimum absolute atomic E-state index is 0.0915. The highest BCUT2D eigenvalue weighted by Crippen LogP contribution is 2.40. The van der Waals surface area contributed by atoms with Crippen LogP contribution in [0.25, 0.3) is 10.9 Å². The minimum Gasteiger partial charge on any atom is -0.332 e. The van der Waals surface area contributed by atoms with E-state index in [9.17, 15) is 22.8 Å². The van der Waals surface area contributed by atoms with Gasteiger partial charge in [0.15, 0.2) is 0 Å². The monoisotopic (exact) mass is 492 g/mol. The predicted octanol–water partition coefficient (Wildman–Crippen LogP) is 5.63. The first-order valence-corrected chi connectivity index (χ1v) is 10.2. The Morgan fingerprint density at radius 3 is 2.24 bits per heavy atom. The largest absolute Gasteiger partial charge is 0.432 e. The van der Waals surface area contributed by atoms with Gasteiger partial charge in [-0.3, -0.25) is 14.9 Å². The van der Waals surface area contributed by atoms with Gasteiger partial charge in [0.05, 0.1) is 5.56 Å². The van der Waals surface area contributed by atoms with Crippen molar-refractivity contribution < 1.29 is 22.8 Å². The van der Waals surface area contributed by atoms with E-state index in [2.05, 4.69) is 15.3 Å². The summed E-state index contributed by atoms with van der Waals surface area (Å²) in [5, 5.41) is 2.57. The first kappa shape index (κ1) is 22.8. The van der Waals surface area contributed by atoms with E-state index in [-0.39, 0.29) is 28.4 Å². The third-order valence-electron chi connectivity index (χ3n) is 4.77. The van der Waals surface area contributed by atoms with E-state index in [1.807, 2.05) is 0 Å². The average molecular weight is 493 g/mol. The van der Waals surface area contributed by atoms with Gasteiger partial charge in [0, 0.05) is 39.9 Å². The van der Waals surface area contributed by atoms with Crippen LogP contribution < -0.4 is 5.32 Å². The van der Waals surface area contributed by atoms with Crippen molar-refractivity contribution in [2.75, 3.05) is 5.32 Å². The van der Waals surface area contributed by atoms with Crippen molar-refractivity contribution >= 4 is 51.7 Å². The predicted molar refractivity (Wildman–Crippen MR) is 117 cm³/mol. The van der Waals surface area contributed by atoms with Gasteiger partial charge in [0.1, 0.15) is 5.69 Å². The number of halogens is 5. The highest BCUT2D eigenvalue weighted by Gasteiger charge is 2.42. The van der Waals surface area contributed by atoms with Gasteiger partial charge in [-0.25, -0.2) is 9.97 Å². The van der Waals surface area contributed by atoms with Gasteiger partial charge < -0.3 is 4.57 Å². The molecule has 33 heavy (non-hydrogen) atoms. The van der Waals surface area contributed by atoms with Crippen LogP contribution in [0.2, 0.25) is 10.0 Å². The molecule has 0 radical (unpaired) electrons. The molecule has 168 valence electrons. The Morgan fingerprint density at radius 1 is 0.970 bits per heavy atom. The molecule has 2 heterocycles. The molecule has 0 aliphatic carbocycles. The van der Waals surface area contributed by atoms with Crippen molar-refractivity contribution in [2.24, 2.45) is 0 Å². The number of alkyl halides is 3. The van der Waals surface area contributed by atoms with Crippen molar-refractivity contribution in [3.63, 3.8) is 0 Å². The Balaban J connectivity index is 1.89. The third kappa shape index (κ3) is 4.69. The van der Waals surface area contributed by atoms with Crippen LogP contribution in [0.15, 0.2) is 60.9 Å². The molecule has 0 unspecified atom stereocenters. The Morgan fingerprint density at radius 2 is 1.61 bits per heavy atom. The van der Waals surface area contributed by atoms with Crippen LogP contribution in [0.4, 0.5) is 19.1 Å². The van der Waals surface area contributed by atoms with E-state index in [1.54, 1.807) is 24.3 Å². The molecule has 2 aromatic carbocycles. The van der Waals surface area contributed by atoms with Crippen LogP contribution in [0.3, 0.4) is 0 Å². The summed E-state index contributed by atoms with van der Waals surface area (Å²) in [6.45, 7) is -0.221. The first-order chi connectivity index (χ1) is 15.6. The number of hydrogen-bond acceptors (Lipinski definition) is 4. The maximum Gasteiger partial charge on any atom is 0.432 e. The number of Topliss-reactive ketones (excluding diaryl/α,β-unsaturated/α-hetero) is 1. The fourth-order valence-corrected chi connectivity index (χ4v) is 3.72. The molecule has 4 rings (SSSR count). The van der Waals surface area contributed by atoms with Crippen molar-refractivity contribution in [3.05, 3.63) is 87.8 Å². The summed E-state index contributed by atoms with van der Waals surface area (Å²) in [6, 6.07) is 11.7. The molecule has 1 N–H and O–H groups in total. The van der Waals surface area contributed by atoms with Crippen LogP contribution in [0, 0.1) is 0 Å². The SMILES string of the molecule is O=C(Nc1ncccn1)C(=O)c1c(C(F)(F)F)n(Cc2ccc(Cl)cc2)c2ccc(Cl)cc12. The van der Waals surface area contributed by atoms with Gasteiger partial charge in [0.25, 0.3) is 11.7 Å². The molecule has 0 atom stereocenters. The first-order valence-electron chi connectivity index (χ1n) is 9.41. The molecule has 0 saturated heterocycles. The Kier molecular flexibility index (Phi) is 6.09. The Labute approximate surface area is 195 Å². The lowest BCUT2D eigenvalue weighted by Crippen LogP contribution is -2.27. The van der Waals surface area contributed by atoms with Gasteiger partial charge in [-0.2, -0.15) is 13.2 Å². The summed E-state index contributed by atoms with van der Waals surface area (Å²) in [5.41, 5.74) is -1.46. The highest BCUT2D eigenvalue weighted by atomic mass is 35.5. The van der Waals surface area contributed by atoms with E-state index in [4.69, 9.17) is 23.2 Å². The second kappa shape index (κ2) is 8.84. The normalized spacial score (nSPS) is 11.5. The number of fused-ring (bicyclic) bond motifs is 1. The summed E-state index contributed by atoms with van der Waals surface area (Å²) in [7, 11) is 0. The van der Waals surface area contributed by atoms with Crippen LogP contribution in [-0.2, 0) is 17.5 Å². The lowest BCUT2D eigenvalue weighted by atomic mass is 10.1. The summed E-state index contributed by atoms with van der Waals surface area (Å²) < 4.78 is 43.8. The molecule has 0 fully saturated rings. The average Bonchev–Trinajstić information content (AvgIpc) is 3.09. The summed E-state index contributed by atoms with van der Waals surface area (Å²) in [5.74, 6) is -2.92. The Hall–Kier alpha value is -3.43. The molecule has 0 aliphatic heterocycles. The van der Waals surface area contributed by atoms with Gasteiger partial charge in [-0.1, -0.05) is 35.3 Å². The summed E-state index contributed by atoms with van der Waals surface area (Å²) >= 11 is 11.9. The number of amides is 1. The number of nitrogens with zero attached hydrogens (tertiary/aromatic N) is 3. The van der Waals surface area contributed by atoms with Gasteiger partial charge in [0.2, 0.25) is 5.95 Å². The van der Waals surface area contributed by atoms with Crippen molar-refractivity contribution in [1.82, 2.24) is 14.5 Å². The molecule has 6 nitrogen and oxygen atoms in total.